The molecule has 6 unspecified atom stereocenters. The van der Waals surface area contributed by atoms with Crippen molar-refractivity contribution in [2.75, 3.05) is 0 Å². The summed E-state index contributed by atoms with van der Waals surface area (Å²) in [6, 6.07) is 0. The highest BCUT2D eigenvalue weighted by Crippen LogP contribution is 2.56. The summed E-state index contributed by atoms with van der Waals surface area (Å²) in [5.74, 6) is -1.31. The molecule has 2 aliphatic carbocycles. The molecule has 2 rings (SSSR count). The third kappa shape index (κ3) is 4.76. The molecule has 0 radical (unpaired) electrons. The molecule has 0 spiro atoms. The van der Waals surface area contributed by atoms with Gasteiger partial charge in [0.1, 0.15) is 6.10 Å². The molecule has 2 fully saturated rings. The second kappa shape index (κ2) is 9.32. The Balaban J connectivity index is 2.36. The first-order valence-corrected chi connectivity index (χ1v) is 10.8. The average Bonchev–Trinajstić information content (AvgIpc) is 2.65. The van der Waals surface area contributed by atoms with Crippen molar-refractivity contribution in [2.24, 2.45) is 23.2 Å². The van der Waals surface area contributed by atoms with Crippen molar-refractivity contribution in [2.45, 2.75) is 79.9 Å². The first-order chi connectivity index (χ1) is 13.9. The summed E-state index contributed by atoms with van der Waals surface area (Å²) in [7, 11) is 0. The van der Waals surface area contributed by atoms with E-state index in [0.29, 0.717) is 24.8 Å². The summed E-state index contributed by atoms with van der Waals surface area (Å²) in [5.41, 5.74) is 1.87. The lowest BCUT2D eigenvalue weighted by Gasteiger charge is -2.55. The molecule has 0 saturated heterocycles. The summed E-state index contributed by atoms with van der Waals surface area (Å²) in [6.07, 6.45) is 4.06. The Hall–Kier alpha value is -2.17. The maximum atomic E-state index is 13.2. The van der Waals surface area contributed by atoms with Gasteiger partial charge in [0.2, 0.25) is 0 Å². The van der Waals surface area contributed by atoms with E-state index in [2.05, 4.69) is 20.4 Å². The van der Waals surface area contributed by atoms with Gasteiger partial charge in [0.15, 0.2) is 11.9 Å². The highest BCUT2D eigenvalue weighted by molar-refractivity contribution is 5.92. The van der Waals surface area contributed by atoms with Gasteiger partial charge in [0.05, 0.1) is 0 Å². The van der Waals surface area contributed by atoms with E-state index in [9.17, 15) is 14.4 Å². The Labute approximate surface area is 180 Å². The fraction of sp³-hybridized carbons (Fsp3) is 0.640. The summed E-state index contributed by atoms with van der Waals surface area (Å²) in [5, 5.41) is 0. The van der Waals surface area contributed by atoms with E-state index in [4.69, 9.17) is 9.47 Å². The van der Waals surface area contributed by atoms with Gasteiger partial charge in [0.25, 0.3) is 0 Å². The number of hydrogen-bond acceptors (Lipinski definition) is 5. The first-order valence-electron chi connectivity index (χ1n) is 10.8. The number of esters is 2. The number of allylic oxidation sites excluding steroid dienone is 3. The lowest BCUT2D eigenvalue weighted by Crippen LogP contribution is -2.58. The molecule has 2 saturated carbocycles. The largest absolute Gasteiger partial charge is 0.459 e. The van der Waals surface area contributed by atoms with Crippen LogP contribution >= 0.6 is 0 Å². The normalized spacial score (nSPS) is 33.9. The van der Waals surface area contributed by atoms with Gasteiger partial charge < -0.3 is 9.47 Å². The van der Waals surface area contributed by atoms with Gasteiger partial charge in [-0.05, 0) is 65.2 Å². The van der Waals surface area contributed by atoms with Crippen LogP contribution in [0.2, 0.25) is 0 Å². The van der Waals surface area contributed by atoms with Crippen LogP contribution in [0.15, 0.2) is 35.5 Å². The van der Waals surface area contributed by atoms with Crippen molar-refractivity contribution < 1.29 is 23.9 Å². The third-order valence-corrected chi connectivity index (χ3v) is 7.10. The van der Waals surface area contributed by atoms with E-state index in [-0.39, 0.29) is 41.0 Å². The van der Waals surface area contributed by atoms with Gasteiger partial charge in [-0.1, -0.05) is 37.6 Å². The topological polar surface area (TPSA) is 69.7 Å². The van der Waals surface area contributed by atoms with Crippen molar-refractivity contribution in [3.05, 3.63) is 35.5 Å². The molecule has 0 amide bonds. The van der Waals surface area contributed by atoms with Crippen LogP contribution in [0.3, 0.4) is 0 Å². The number of ether oxygens (including phenoxy) is 2. The third-order valence-electron chi connectivity index (χ3n) is 7.10. The lowest BCUT2D eigenvalue weighted by atomic mass is 9.51. The number of carbonyl (C=O) groups is 3. The van der Waals surface area contributed by atoms with Crippen LogP contribution in [0.25, 0.3) is 0 Å². The Kier molecular flexibility index (Phi) is 7.49. The van der Waals surface area contributed by atoms with E-state index in [1.807, 2.05) is 27.7 Å². The number of hydrogen-bond donors (Lipinski definition) is 0. The molecule has 0 N–H and O–H groups in total. The molecule has 2 aliphatic rings. The molecule has 0 aromatic heterocycles. The Morgan fingerprint density at radius 2 is 1.77 bits per heavy atom. The Morgan fingerprint density at radius 3 is 2.30 bits per heavy atom. The molecule has 30 heavy (non-hydrogen) atoms. The van der Waals surface area contributed by atoms with Crippen LogP contribution < -0.4 is 0 Å². The Morgan fingerprint density at radius 1 is 1.13 bits per heavy atom. The molecular weight excluding hydrogens is 380 g/mol. The van der Waals surface area contributed by atoms with Crippen molar-refractivity contribution in [3.63, 3.8) is 0 Å². The molecule has 166 valence electrons. The molecule has 0 bridgehead atoms. The van der Waals surface area contributed by atoms with Gasteiger partial charge in [-0.25, -0.2) is 9.59 Å². The van der Waals surface area contributed by atoms with Gasteiger partial charge in [0, 0.05) is 23.5 Å². The summed E-state index contributed by atoms with van der Waals surface area (Å²) < 4.78 is 11.6. The van der Waals surface area contributed by atoms with Gasteiger partial charge in [-0.3, -0.25) is 4.79 Å². The van der Waals surface area contributed by atoms with E-state index in [1.54, 1.807) is 13.0 Å². The molecule has 0 aromatic rings. The van der Waals surface area contributed by atoms with Crippen molar-refractivity contribution >= 4 is 17.7 Å². The number of ketones is 1. The van der Waals surface area contributed by atoms with Crippen LogP contribution in [-0.4, -0.2) is 29.9 Å². The van der Waals surface area contributed by atoms with Crippen LogP contribution in [0.4, 0.5) is 0 Å². The predicted octanol–water partition coefficient (Wildman–Crippen LogP) is 4.96. The number of fused-ring (bicyclic) bond motifs is 1. The fourth-order valence-corrected chi connectivity index (χ4v) is 4.92. The van der Waals surface area contributed by atoms with E-state index >= 15 is 0 Å². The standard InChI is InChI=1S/C25H36O5/c1-9-16(6)24(28)29-20-11-10-19-23(30-21(26)12-14(2)3)22(27)18(15(4)5)13-25(19,8)17(20)7/h9,12,17-20,23H,4,10-11,13H2,1-3,5-8H3. The molecule has 0 aliphatic heterocycles. The van der Waals surface area contributed by atoms with Crippen LogP contribution in [0.5, 0.6) is 0 Å². The average molecular weight is 417 g/mol. The molecule has 5 heteroatoms. The zero-order valence-corrected chi connectivity index (χ0v) is 19.4. The minimum Gasteiger partial charge on any atom is -0.459 e. The smallest absolute Gasteiger partial charge is 0.333 e. The lowest BCUT2D eigenvalue weighted by molar-refractivity contribution is -0.182. The van der Waals surface area contributed by atoms with E-state index in [1.165, 1.54) is 6.08 Å². The minimum absolute atomic E-state index is 0.0180. The molecule has 5 nitrogen and oxygen atoms in total. The first kappa shape index (κ1) is 24.1. The highest BCUT2D eigenvalue weighted by atomic mass is 16.6. The van der Waals surface area contributed by atoms with Crippen LogP contribution in [-0.2, 0) is 23.9 Å². The Bertz CT molecular complexity index is 785. The number of Topliss-reactive ketones (excluding diaryl/α,β-unsaturated/α-hetero) is 1. The van der Waals surface area contributed by atoms with Crippen molar-refractivity contribution in [1.82, 2.24) is 0 Å². The number of carbonyl (C=O) groups excluding carboxylic acids is 3. The van der Waals surface area contributed by atoms with E-state index < -0.39 is 12.1 Å². The molecule has 0 heterocycles. The quantitative estimate of drug-likeness (QED) is 0.360. The zero-order chi connectivity index (χ0) is 22.8. The zero-order valence-electron chi connectivity index (χ0n) is 19.4. The SMILES string of the molecule is C=C(C)C1CC2(C)C(C)C(OC(=O)C(C)=CC)CCC2C(OC(=O)C=C(C)C)C1=O. The predicted molar refractivity (Wildman–Crippen MR) is 117 cm³/mol. The molecule has 6 atom stereocenters. The van der Waals surface area contributed by atoms with E-state index in [0.717, 1.165) is 11.1 Å². The van der Waals surface area contributed by atoms with Crippen LogP contribution in [0.1, 0.15) is 67.7 Å². The maximum Gasteiger partial charge on any atom is 0.333 e. The van der Waals surface area contributed by atoms with Gasteiger partial charge >= 0.3 is 11.9 Å². The van der Waals surface area contributed by atoms with Crippen LogP contribution in [0, 0.1) is 23.2 Å². The van der Waals surface area contributed by atoms with Gasteiger partial charge in [-0.15, -0.1) is 0 Å². The summed E-state index contributed by atoms with van der Waals surface area (Å²) in [6.45, 7) is 17.3. The van der Waals surface area contributed by atoms with Crippen molar-refractivity contribution in [3.8, 4) is 0 Å². The molecule has 0 aromatic carbocycles. The second-order valence-corrected chi connectivity index (χ2v) is 9.48. The minimum atomic E-state index is -0.801. The fourth-order valence-electron chi connectivity index (χ4n) is 4.92. The highest BCUT2D eigenvalue weighted by Gasteiger charge is 2.58. The van der Waals surface area contributed by atoms with Crippen molar-refractivity contribution in [1.29, 1.82) is 0 Å². The van der Waals surface area contributed by atoms with Gasteiger partial charge in [-0.2, -0.15) is 0 Å². The summed E-state index contributed by atoms with van der Waals surface area (Å²) >= 11 is 0. The summed E-state index contributed by atoms with van der Waals surface area (Å²) in [4.78, 5) is 38.0. The molecular formula is C25H36O5. The second-order valence-electron chi connectivity index (χ2n) is 9.48. The number of rotatable bonds is 5. The monoisotopic (exact) mass is 416 g/mol. The maximum absolute atomic E-state index is 13.2.